The highest BCUT2D eigenvalue weighted by atomic mass is 16.5. The SMILES string of the molecule is O=C(NCc1ccnc(N2CCOCC2)c1)c1ccoc1. The summed E-state index contributed by atoms with van der Waals surface area (Å²) in [4.78, 5) is 18.4. The van der Waals surface area contributed by atoms with Gasteiger partial charge in [0.05, 0.1) is 25.0 Å². The number of morpholine rings is 1. The fourth-order valence-corrected chi connectivity index (χ4v) is 2.21. The van der Waals surface area contributed by atoms with Gasteiger partial charge in [-0.2, -0.15) is 0 Å². The van der Waals surface area contributed by atoms with Crippen LogP contribution >= 0.6 is 0 Å². The average Bonchev–Trinajstić information content (AvgIpc) is 3.08. The number of hydrogen-bond acceptors (Lipinski definition) is 5. The molecule has 0 saturated carbocycles. The highest BCUT2D eigenvalue weighted by Gasteiger charge is 2.13. The van der Waals surface area contributed by atoms with Gasteiger partial charge in [0.25, 0.3) is 5.91 Å². The zero-order valence-corrected chi connectivity index (χ0v) is 11.6. The average molecular weight is 287 g/mol. The summed E-state index contributed by atoms with van der Waals surface area (Å²) in [5, 5.41) is 2.86. The summed E-state index contributed by atoms with van der Waals surface area (Å²) in [6.07, 6.45) is 4.68. The first-order chi connectivity index (χ1) is 10.3. The molecular weight excluding hydrogens is 270 g/mol. The molecule has 0 atom stereocenters. The van der Waals surface area contributed by atoms with E-state index in [0.717, 1.165) is 37.7 Å². The van der Waals surface area contributed by atoms with Gasteiger partial charge < -0.3 is 19.4 Å². The molecule has 110 valence electrons. The number of nitrogens with zero attached hydrogens (tertiary/aromatic N) is 2. The van der Waals surface area contributed by atoms with Crippen molar-refractivity contribution in [1.29, 1.82) is 0 Å². The number of ether oxygens (including phenoxy) is 1. The van der Waals surface area contributed by atoms with Crippen LogP contribution < -0.4 is 10.2 Å². The van der Waals surface area contributed by atoms with E-state index in [2.05, 4.69) is 15.2 Å². The van der Waals surface area contributed by atoms with E-state index < -0.39 is 0 Å². The molecule has 1 saturated heterocycles. The normalized spacial score (nSPS) is 15.0. The lowest BCUT2D eigenvalue weighted by Gasteiger charge is -2.28. The zero-order valence-electron chi connectivity index (χ0n) is 11.6. The van der Waals surface area contributed by atoms with E-state index in [9.17, 15) is 4.79 Å². The van der Waals surface area contributed by atoms with Crippen molar-refractivity contribution >= 4 is 11.7 Å². The van der Waals surface area contributed by atoms with Crippen LogP contribution in [0.2, 0.25) is 0 Å². The lowest BCUT2D eigenvalue weighted by molar-refractivity contribution is 0.0950. The van der Waals surface area contributed by atoms with Crippen LogP contribution in [0.1, 0.15) is 15.9 Å². The Morgan fingerprint density at radius 1 is 1.33 bits per heavy atom. The molecule has 1 N–H and O–H groups in total. The molecule has 21 heavy (non-hydrogen) atoms. The molecule has 1 aliphatic heterocycles. The molecule has 1 amide bonds. The van der Waals surface area contributed by atoms with Crippen molar-refractivity contribution in [2.75, 3.05) is 31.2 Å². The van der Waals surface area contributed by atoms with Crippen molar-refractivity contribution in [3.63, 3.8) is 0 Å². The molecule has 6 nitrogen and oxygen atoms in total. The third-order valence-electron chi connectivity index (χ3n) is 3.38. The van der Waals surface area contributed by atoms with E-state index in [-0.39, 0.29) is 5.91 Å². The Kier molecular flexibility index (Phi) is 4.16. The Bertz CT molecular complexity index is 592. The van der Waals surface area contributed by atoms with Gasteiger partial charge in [-0.15, -0.1) is 0 Å². The summed E-state index contributed by atoms with van der Waals surface area (Å²) in [6.45, 7) is 3.60. The monoisotopic (exact) mass is 287 g/mol. The minimum Gasteiger partial charge on any atom is -0.472 e. The highest BCUT2D eigenvalue weighted by Crippen LogP contribution is 2.14. The second-order valence-corrected chi connectivity index (χ2v) is 4.82. The van der Waals surface area contributed by atoms with Gasteiger partial charge in [0.2, 0.25) is 0 Å². The minimum atomic E-state index is -0.145. The molecular formula is C15H17N3O3. The predicted octanol–water partition coefficient (Wildman–Crippen LogP) is 1.44. The van der Waals surface area contributed by atoms with Gasteiger partial charge in [-0.05, 0) is 23.8 Å². The number of aromatic nitrogens is 1. The second kappa shape index (κ2) is 6.41. The number of hydrogen-bond donors (Lipinski definition) is 1. The fraction of sp³-hybridized carbons (Fsp3) is 0.333. The number of carbonyl (C=O) groups excluding carboxylic acids is 1. The van der Waals surface area contributed by atoms with Crippen molar-refractivity contribution in [2.45, 2.75) is 6.54 Å². The Hall–Kier alpha value is -2.34. The molecule has 2 aromatic rings. The molecule has 1 fully saturated rings. The molecule has 0 aliphatic carbocycles. The second-order valence-electron chi connectivity index (χ2n) is 4.82. The summed E-state index contributed by atoms with van der Waals surface area (Å²) >= 11 is 0. The third-order valence-corrected chi connectivity index (χ3v) is 3.38. The van der Waals surface area contributed by atoms with Gasteiger partial charge in [0, 0.05) is 25.8 Å². The van der Waals surface area contributed by atoms with E-state index >= 15 is 0 Å². The maximum absolute atomic E-state index is 11.9. The third kappa shape index (κ3) is 3.41. The topological polar surface area (TPSA) is 67.6 Å². The molecule has 0 spiro atoms. The fourth-order valence-electron chi connectivity index (χ4n) is 2.21. The van der Waals surface area contributed by atoms with Crippen LogP contribution in [0.5, 0.6) is 0 Å². The number of furan rings is 1. The minimum absolute atomic E-state index is 0.145. The van der Waals surface area contributed by atoms with Crippen LogP contribution in [0.4, 0.5) is 5.82 Å². The van der Waals surface area contributed by atoms with E-state index in [1.165, 1.54) is 12.5 Å². The van der Waals surface area contributed by atoms with Gasteiger partial charge in [0.15, 0.2) is 0 Å². The van der Waals surface area contributed by atoms with Crippen LogP contribution in [-0.4, -0.2) is 37.2 Å². The lowest BCUT2D eigenvalue weighted by atomic mass is 10.2. The first-order valence-corrected chi connectivity index (χ1v) is 6.91. The standard InChI is InChI=1S/C15H17N3O3/c19-15(13-2-6-21-11-13)17-10-12-1-3-16-14(9-12)18-4-7-20-8-5-18/h1-3,6,9,11H,4-5,7-8,10H2,(H,17,19). The number of nitrogens with one attached hydrogen (secondary N) is 1. The first kappa shape index (κ1) is 13.6. The molecule has 1 aliphatic rings. The maximum Gasteiger partial charge on any atom is 0.254 e. The van der Waals surface area contributed by atoms with Crippen molar-refractivity contribution < 1.29 is 13.9 Å². The molecule has 3 heterocycles. The number of amides is 1. The molecule has 3 rings (SSSR count). The van der Waals surface area contributed by atoms with E-state index in [1.807, 2.05) is 12.1 Å². The predicted molar refractivity (Wildman–Crippen MR) is 77.1 cm³/mol. The highest BCUT2D eigenvalue weighted by molar-refractivity contribution is 5.93. The number of pyridine rings is 1. The van der Waals surface area contributed by atoms with E-state index in [4.69, 9.17) is 9.15 Å². The first-order valence-electron chi connectivity index (χ1n) is 6.91. The number of rotatable bonds is 4. The molecule has 0 bridgehead atoms. The molecule has 0 unspecified atom stereocenters. The van der Waals surface area contributed by atoms with Crippen LogP contribution in [0, 0.1) is 0 Å². The largest absolute Gasteiger partial charge is 0.472 e. The van der Waals surface area contributed by atoms with Crippen LogP contribution in [-0.2, 0) is 11.3 Å². The Morgan fingerprint density at radius 3 is 2.95 bits per heavy atom. The van der Waals surface area contributed by atoms with Gasteiger partial charge in [0.1, 0.15) is 12.1 Å². The van der Waals surface area contributed by atoms with Gasteiger partial charge in [-0.1, -0.05) is 0 Å². The Labute approximate surface area is 122 Å². The Morgan fingerprint density at radius 2 is 2.19 bits per heavy atom. The zero-order chi connectivity index (χ0) is 14.5. The Balaban J connectivity index is 1.62. The summed E-state index contributed by atoms with van der Waals surface area (Å²) in [5.41, 5.74) is 1.54. The van der Waals surface area contributed by atoms with Gasteiger partial charge in [-0.3, -0.25) is 4.79 Å². The number of carbonyl (C=O) groups is 1. The smallest absolute Gasteiger partial charge is 0.254 e. The van der Waals surface area contributed by atoms with E-state index in [1.54, 1.807) is 12.3 Å². The van der Waals surface area contributed by atoms with Crippen LogP contribution in [0.15, 0.2) is 41.3 Å². The van der Waals surface area contributed by atoms with Gasteiger partial charge in [-0.25, -0.2) is 4.98 Å². The van der Waals surface area contributed by atoms with Crippen molar-refractivity contribution in [3.8, 4) is 0 Å². The van der Waals surface area contributed by atoms with Crippen molar-refractivity contribution in [1.82, 2.24) is 10.3 Å². The summed E-state index contributed by atoms with van der Waals surface area (Å²) in [7, 11) is 0. The van der Waals surface area contributed by atoms with Crippen molar-refractivity contribution in [2.24, 2.45) is 0 Å². The molecule has 0 radical (unpaired) electrons. The maximum atomic E-state index is 11.9. The molecule has 2 aromatic heterocycles. The van der Waals surface area contributed by atoms with E-state index in [0.29, 0.717) is 12.1 Å². The number of anilines is 1. The summed E-state index contributed by atoms with van der Waals surface area (Å²) in [5.74, 6) is 0.779. The van der Waals surface area contributed by atoms with Crippen molar-refractivity contribution in [3.05, 3.63) is 48.0 Å². The quantitative estimate of drug-likeness (QED) is 0.921. The van der Waals surface area contributed by atoms with Crippen LogP contribution in [0.3, 0.4) is 0 Å². The summed E-state index contributed by atoms with van der Waals surface area (Å²) < 4.78 is 10.2. The lowest BCUT2D eigenvalue weighted by Crippen LogP contribution is -2.36. The molecule has 0 aromatic carbocycles. The van der Waals surface area contributed by atoms with Gasteiger partial charge >= 0.3 is 0 Å². The van der Waals surface area contributed by atoms with Crippen LogP contribution in [0.25, 0.3) is 0 Å². The molecule has 6 heteroatoms. The summed E-state index contributed by atoms with van der Waals surface area (Å²) in [6, 6.07) is 5.54.